The molecule has 1 N–H and O–H groups in total. The predicted octanol–water partition coefficient (Wildman–Crippen LogP) is 3.25. The Balaban J connectivity index is 1.37. The van der Waals surface area contributed by atoms with E-state index < -0.39 is 10.0 Å². The maximum absolute atomic E-state index is 12.6. The molecule has 2 fully saturated rings. The van der Waals surface area contributed by atoms with Gasteiger partial charge in [-0.2, -0.15) is 4.31 Å². The molecule has 0 radical (unpaired) electrons. The van der Waals surface area contributed by atoms with Crippen molar-refractivity contribution < 1.29 is 13.2 Å². The van der Waals surface area contributed by atoms with E-state index in [0.29, 0.717) is 25.3 Å². The molecule has 1 amide bonds. The molecule has 7 heteroatoms. The molecule has 0 aromatic heterocycles. The zero-order chi connectivity index (χ0) is 20.3. The van der Waals surface area contributed by atoms with Gasteiger partial charge in [0.15, 0.2) is 0 Å². The fraction of sp³-hybridized carbons (Fsp3) is 0.409. The second-order valence-corrected chi connectivity index (χ2v) is 9.66. The monoisotopic (exact) mass is 413 g/mol. The van der Waals surface area contributed by atoms with E-state index in [1.807, 2.05) is 18.2 Å². The fourth-order valence-electron chi connectivity index (χ4n) is 4.24. The van der Waals surface area contributed by atoms with Crippen molar-refractivity contribution in [2.75, 3.05) is 31.5 Å². The van der Waals surface area contributed by atoms with Crippen molar-refractivity contribution in [3.63, 3.8) is 0 Å². The molecule has 6 nitrogen and oxygen atoms in total. The molecule has 2 heterocycles. The molecule has 2 aliphatic rings. The molecule has 0 spiro atoms. The summed E-state index contributed by atoms with van der Waals surface area (Å²) in [6.45, 7) is 2.39. The average molecular weight is 414 g/mol. The van der Waals surface area contributed by atoms with Crippen molar-refractivity contribution in [3.8, 4) is 0 Å². The van der Waals surface area contributed by atoms with Crippen molar-refractivity contribution in [2.45, 2.75) is 36.6 Å². The molecule has 0 bridgehead atoms. The fourth-order valence-corrected chi connectivity index (χ4v) is 5.76. The number of sulfonamides is 1. The molecular formula is C22H27N3O3S. The summed E-state index contributed by atoms with van der Waals surface area (Å²) < 4.78 is 26.7. The molecule has 2 aliphatic heterocycles. The van der Waals surface area contributed by atoms with Crippen molar-refractivity contribution >= 4 is 21.6 Å². The number of benzene rings is 2. The van der Waals surface area contributed by atoms with Crippen LogP contribution in [0.15, 0.2) is 59.5 Å². The molecule has 0 saturated carbocycles. The Morgan fingerprint density at radius 3 is 2.31 bits per heavy atom. The van der Waals surface area contributed by atoms with Gasteiger partial charge in [0, 0.05) is 24.8 Å². The van der Waals surface area contributed by atoms with Crippen molar-refractivity contribution in [2.24, 2.45) is 0 Å². The van der Waals surface area contributed by atoms with E-state index in [1.54, 1.807) is 24.3 Å². The van der Waals surface area contributed by atoms with Gasteiger partial charge in [-0.25, -0.2) is 8.42 Å². The minimum absolute atomic E-state index is 0.0806. The first-order valence-electron chi connectivity index (χ1n) is 10.2. The van der Waals surface area contributed by atoms with E-state index in [-0.39, 0.29) is 16.8 Å². The van der Waals surface area contributed by atoms with E-state index in [4.69, 9.17) is 0 Å². The highest BCUT2D eigenvalue weighted by Gasteiger charge is 2.28. The summed E-state index contributed by atoms with van der Waals surface area (Å²) in [5.74, 6) is -0.0806. The van der Waals surface area contributed by atoms with Gasteiger partial charge >= 0.3 is 0 Å². The number of rotatable bonds is 6. The van der Waals surface area contributed by atoms with Crippen LogP contribution < -0.4 is 5.32 Å². The van der Waals surface area contributed by atoms with Gasteiger partial charge in [-0.05, 0) is 62.1 Å². The third-order valence-corrected chi connectivity index (χ3v) is 7.65. The third-order valence-electron chi connectivity index (χ3n) is 5.74. The van der Waals surface area contributed by atoms with Gasteiger partial charge < -0.3 is 5.32 Å². The van der Waals surface area contributed by atoms with Crippen LogP contribution >= 0.6 is 0 Å². The summed E-state index contributed by atoms with van der Waals surface area (Å²) in [5.41, 5.74) is 1.86. The summed E-state index contributed by atoms with van der Waals surface area (Å²) in [7, 11) is -3.43. The quantitative estimate of drug-likeness (QED) is 0.789. The summed E-state index contributed by atoms with van der Waals surface area (Å²) in [4.78, 5) is 15.0. The van der Waals surface area contributed by atoms with Crippen LogP contribution in [0.25, 0.3) is 0 Å². The van der Waals surface area contributed by atoms with Gasteiger partial charge in [0.1, 0.15) is 0 Å². The second-order valence-electron chi connectivity index (χ2n) is 7.72. The molecule has 0 aliphatic carbocycles. The molecule has 2 aromatic carbocycles. The summed E-state index contributed by atoms with van der Waals surface area (Å²) in [6.07, 6.45) is 3.96. The smallest absolute Gasteiger partial charge is 0.243 e. The van der Waals surface area contributed by atoms with E-state index in [1.165, 1.54) is 9.87 Å². The van der Waals surface area contributed by atoms with Crippen LogP contribution in [0.2, 0.25) is 0 Å². The molecule has 29 heavy (non-hydrogen) atoms. The highest BCUT2D eigenvalue weighted by atomic mass is 32.2. The van der Waals surface area contributed by atoms with Gasteiger partial charge in [-0.1, -0.05) is 30.3 Å². The highest BCUT2D eigenvalue weighted by molar-refractivity contribution is 7.89. The van der Waals surface area contributed by atoms with E-state index in [9.17, 15) is 13.2 Å². The maximum Gasteiger partial charge on any atom is 0.243 e. The topological polar surface area (TPSA) is 69.7 Å². The molecular weight excluding hydrogens is 386 g/mol. The average Bonchev–Trinajstić information content (AvgIpc) is 3.41. The lowest BCUT2D eigenvalue weighted by Crippen LogP contribution is -2.33. The largest absolute Gasteiger partial charge is 0.325 e. The predicted molar refractivity (Wildman–Crippen MR) is 113 cm³/mol. The van der Waals surface area contributed by atoms with Crippen LogP contribution in [-0.2, 0) is 14.8 Å². The lowest BCUT2D eigenvalue weighted by molar-refractivity contribution is -0.117. The molecule has 1 atom stereocenters. The zero-order valence-corrected chi connectivity index (χ0v) is 17.3. The first-order chi connectivity index (χ1) is 14.0. The minimum atomic E-state index is -3.43. The molecule has 2 saturated heterocycles. The van der Waals surface area contributed by atoms with Gasteiger partial charge in [0.05, 0.1) is 11.4 Å². The van der Waals surface area contributed by atoms with Crippen LogP contribution in [0.1, 0.15) is 37.3 Å². The number of likely N-dealkylation sites (tertiary alicyclic amines) is 1. The summed E-state index contributed by atoms with van der Waals surface area (Å²) in [5, 5.41) is 2.90. The van der Waals surface area contributed by atoms with Gasteiger partial charge in [-0.3, -0.25) is 9.69 Å². The Labute approximate surface area is 172 Å². The van der Waals surface area contributed by atoms with Crippen LogP contribution in [0.3, 0.4) is 0 Å². The number of hydrogen-bond acceptors (Lipinski definition) is 4. The lowest BCUT2D eigenvalue weighted by atomic mass is 10.0. The van der Waals surface area contributed by atoms with Crippen LogP contribution in [0.5, 0.6) is 0 Å². The maximum atomic E-state index is 12.6. The van der Waals surface area contributed by atoms with E-state index >= 15 is 0 Å². The highest BCUT2D eigenvalue weighted by Crippen LogP contribution is 2.31. The second kappa shape index (κ2) is 8.65. The number of amides is 1. The van der Waals surface area contributed by atoms with Gasteiger partial charge in [-0.15, -0.1) is 0 Å². The Morgan fingerprint density at radius 2 is 1.62 bits per heavy atom. The number of carbonyl (C=O) groups is 1. The zero-order valence-electron chi connectivity index (χ0n) is 16.5. The normalized spacial score (nSPS) is 20.8. The van der Waals surface area contributed by atoms with E-state index in [2.05, 4.69) is 22.3 Å². The van der Waals surface area contributed by atoms with Crippen LogP contribution in [0.4, 0.5) is 5.69 Å². The van der Waals surface area contributed by atoms with Gasteiger partial charge in [0.25, 0.3) is 0 Å². The Kier molecular flexibility index (Phi) is 5.99. The van der Waals surface area contributed by atoms with Crippen molar-refractivity contribution in [1.29, 1.82) is 0 Å². The third kappa shape index (κ3) is 4.52. The number of hydrogen-bond donors (Lipinski definition) is 1. The molecule has 4 rings (SSSR count). The first kappa shape index (κ1) is 20.1. The standard InChI is InChI=1S/C22H27N3O3S/c26-22(17-24-14-6-9-21(24)18-7-2-1-3-8-18)23-19-10-12-20(13-11-19)29(27,28)25-15-4-5-16-25/h1-3,7-8,10-13,21H,4-6,9,14-17H2,(H,23,26). The summed E-state index contributed by atoms with van der Waals surface area (Å²) >= 11 is 0. The van der Waals surface area contributed by atoms with Gasteiger partial charge in [0.2, 0.25) is 15.9 Å². The van der Waals surface area contributed by atoms with Crippen molar-refractivity contribution in [3.05, 3.63) is 60.2 Å². The molecule has 2 aromatic rings. The Bertz CT molecular complexity index is 939. The SMILES string of the molecule is O=C(CN1CCCC1c1ccccc1)Nc1ccc(S(=O)(=O)N2CCCC2)cc1. The summed E-state index contributed by atoms with van der Waals surface area (Å²) in [6, 6.07) is 17.0. The number of carbonyl (C=O) groups excluding carboxylic acids is 1. The minimum Gasteiger partial charge on any atom is -0.325 e. The Hall–Kier alpha value is -2.22. The van der Waals surface area contributed by atoms with E-state index in [0.717, 1.165) is 32.2 Å². The molecule has 154 valence electrons. The number of nitrogens with zero attached hydrogens (tertiary/aromatic N) is 2. The van der Waals surface area contributed by atoms with Crippen molar-refractivity contribution in [1.82, 2.24) is 9.21 Å². The Morgan fingerprint density at radius 1 is 0.931 bits per heavy atom. The van der Waals surface area contributed by atoms with Crippen LogP contribution in [-0.4, -0.2) is 49.7 Å². The number of nitrogens with one attached hydrogen (secondary N) is 1. The molecule has 1 unspecified atom stereocenters. The first-order valence-corrected chi connectivity index (χ1v) is 11.7. The van der Waals surface area contributed by atoms with Crippen LogP contribution in [0, 0.1) is 0 Å². The number of anilines is 1. The lowest BCUT2D eigenvalue weighted by Gasteiger charge is -2.24.